The number of aromatic amines is 1. The third-order valence-electron chi connectivity index (χ3n) is 6.41. The number of nitrogens with zero attached hydrogens (tertiary/aromatic N) is 7. The predicted molar refractivity (Wildman–Crippen MR) is 128 cm³/mol. The van der Waals surface area contributed by atoms with Crippen molar-refractivity contribution in [3.05, 3.63) is 66.1 Å². The van der Waals surface area contributed by atoms with E-state index in [0.29, 0.717) is 17.8 Å². The SMILES string of the molecule is CCn1nnc2cc(C(=O)NCCC3CN(c4ncnc5[nH]ncc45)c4ccccc43)ccc21. The van der Waals surface area contributed by atoms with Crippen molar-refractivity contribution in [1.29, 1.82) is 0 Å². The van der Waals surface area contributed by atoms with E-state index in [0.717, 1.165) is 47.4 Å². The summed E-state index contributed by atoms with van der Waals surface area (Å²) in [6.07, 6.45) is 4.13. The Morgan fingerprint density at radius 2 is 2.12 bits per heavy atom. The fourth-order valence-corrected chi connectivity index (χ4v) is 4.72. The molecule has 3 aromatic heterocycles. The van der Waals surface area contributed by atoms with Crippen LogP contribution >= 0.6 is 0 Å². The van der Waals surface area contributed by atoms with Crippen molar-refractivity contribution in [1.82, 2.24) is 40.5 Å². The zero-order valence-electron chi connectivity index (χ0n) is 18.6. The van der Waals surface area contributed by atoms with E-state index in [9.17, 15) is 4.79 Å². The minimum absolute atomic E-state index is 0.105. The monoisotopic (exact) mass is 453 g/mol. The molecule has 170 valence electrons. The molecule has 0 aliphatic carbocycles. The van der Waals surface area contributed by atoms with Crippen molar-refractivity contribution in [2.24, 2.45) is 0 Å². The Morgan fingerprint density at radius 1 is 1.21 bits per heavy atom. The number of amides is 1. The maximum absolute atomic E-state index is 12.8. The first-order valence-electron chi connectivity index (χ1n) is 11.3. The average molecular weight is 454 g/mol. The zero-order valence-corrected chi connectivity index (χ0v) is 18.6. The number of benzene rings is 2. The summed E-state index contributed by atoms with van der Waals surface area (Å²) >= 11 is 0. The van der Waals surface area contributed by atoms with Gasteiger partial charge in [0.15, 0.2) is 5.65 Å². The second-order valence-electron chi connectivity index (χ2n) is 8.35. The van der Waals surface area contributed by atoms with E-state index in [4.69, 9.17) is 0 Å². The number of nitrogens with one attached hydrogen (secondary N) is 2. The Bertz CT molecular complexity index is 1500. The summed E-state index contributed by atoms with van der Waals surface area (Å²) in [7, 11) is 0. The topological polar surface area (TPSA) is 118 Å². The molecular formula is C24H23N9O. The van der Waals surface area contributed by atoms with E-state index in [1.54, 1.807) is 18.6 Å². The fourth-order valence-electron chi connectivity index (χ4n) is 4.72. The maximum Gasteiger partial charge on any atom is 0.251 e. The molecule has 10 heteroatoms. The molecule has 34 heavy (non-hydrogen) atoms. The molecule has 6 rings (SSSR count). The first kappa shape index (κ1) is 20.3. The number of carbonyl (C=O) groups is 1. The molecule has 0 radical (unpaired) electrons. The summed E-state index contributed by atoms with van der Waals surface area (Å²) in [5.41, 5.74) is 5.35. The van der Waals surface area contributed by atoms with Gasteiger partial charge in [-0.05, 0) is 43.2 Å². The van der Waals surface area contributed by atoms with Gasteiger partial charge in [0.05, 0.1) is 17.1 Å². The van der Waals surface area contributed by atoms with Crippen LogP contribution in [0.4, 0.5) is 11.5 Å². The van der Waals surface area contributed by atoms with Gasteiger partial charge in [0.1, 0.15) is 17.7 Å². The normalized spacial score (nSPS) is 15.2. The van der Waals surface area contributed by atoms with E-state index in [1.807, 2.05) is 29.8 Å². The first-order valence-corrected chi connectivity index (χ1v) is 11.3. The summed E-state index contributed by atoms with van der Waals surface area (Å²) in [6, 6.07) is 13.9. The number of aromatic nitrogens is 7. The van der Waals surface area contributed by atoms with Gasteiger partial charge < -0.3 is 10.2 Å². The van der Waals surface area contributed by atoms with Crippen molar-refractivity contribution in [2.45, 2.75) is 25.8 Å². The van der Waals surface area contributed by atoms with E-state index in [-0.39, 0.29) is 11.8 Å². The lowest BCUT2D eigenvalue weighted by Crippen LogP contribution is -2.26. The van der Waals surface area contributed by atoms with Crippen LogP contribution in [0, 0.1) is 0 Å². The van der Waals surface area contributed by atoms with Gasteiger partial charge in [-0.15, -0.1) is 5.10 Å². The Kier molecular flexibility index (Phi) is 4.90. The predicted octanol–water partition coefficient (Wildman–Crippen LogP) is 3.17. The summed E-state index contributed by atoms with van der Waals surface area (Å²) in [5, 5.41) is 19.3. The molecular weight excluding hydrogens is 430 g/mol. The highest BCUT2D eigenvalue weighted by atomic mass is 16.1. The molecule has 0 spiro atoms. The number of fused-ring (bicyclic) bond motifs is 3. The van der Waals surface area contributed by atoms with Crippen LogP contribution < -0.4 is 10.2 Å². The van der Waals surface area contributed by atoms with Crippen molar-refractivity contribution in [3.8, 4) is 0 Å². The van der Waals surface area contributed by atoms with Crippen LogP contribution in [0.3, 0.4) is 0 Å². The van der Waals surface area contributed by atoms with Gasteiger partial charge in [-0.2, -0.15) is 5.10 Å². The minimum atomic E-state index is -0.105. The molecule has 0 saturated carbocycles. The largest absolute Gasteiger partial charge is 0.352 e. The lowest BCUT2D eigenvalue weighted by atomic mass is 9.98. The highest BCUT2D eigenvalue weighted by Crippen LogP contribution is 2.42. The Labute approximate surface area is 195 Å². The van der Waals surface area contributed by atoms with Crippen molar-refractivity contribution >= 4 is 39.5 Å². The molecule has 1 amide bonds. The van der Waals surface area contributed by atoms with E-state index in [1.165, 1.54) is 5.56 Å². The molecule has 10 nitrogen and oxygen atoms in total. The van der Waals surface area contributed by atoms with Crippen LogP contribution in [0.2, 0.25) is 0 Å². The number of H-pyrrole nitrogens is 1. The van der Waals surface area contributed by atoms with E-state index >= 15 is 0 Å². The van der Waals surface area contributed by atoms with Gasteiger partial charge in [0.2, 0.25) is 0 Å². The lowest BCUT2D eigenvalue weighted by Gasteiger charge is -2.19. The molecule has 0 saturated heterocycles. The molecule has 1 atom stereocenters. The molecule has 4 heterocycles. The minimum Gasteiger partial charge on any atom is -0.352 e. The highest BCUT2D eigenvalue weighted by Gasteiger charge is 2.31. The second-order valence-corrected chi connectivity index (χ2v) is 8.35. The van der Waals surface area contributed by atoms with Gasteiger partial charge in [-0.25, -0.2) is 14.6 Å². The lowest BCUT2D eigenvalue weighted by molar-refractivity contribution is 0.0952. The van der Waals surface area contributed by atoms with Gasteiger partial charge >= 0.3 is 0 Å². The molecule has 0 bridgehead atoms. The quantitative estimate of drug-likeness (QED) is 0.405. The molecule has 1 aliphatic rings. The summed E-state index contributed by atoms with van der Waals surface area (Å²) in [5.74, 6) is 0.999. The van der Waals surface area contributed by atoms with E-state index in [2.05, 4.69) is 58.9 Å². The van der Waals surface area contributed by atoms with Crippen molar-refractivity contribution in [2.75, 3.05) is 18.0 Å². The average Bonchev–Trinajstić information content (AvgIpc) is 3.60. The first-order chi connectivity index (χ1) is 16.7. The number of hydrogen-bond acceptors (Lipinski definition) is 7. The molecule has 1 unspecified atom stereocenters. The third-order valence-corrected chi connectivity index (χ3v) is 6.41. The Hall–Kier alpha value is -4.34. The summed E-state index contributed by atoms with van der Waals surface area (Å²) < 4.78 is 1.81. The smallest absolute Gasteiger partial charge is 0.251 e. The standard InChI is InChI=1S/C24H23N9O/c1-2-33-21-8-7-15(11-19(21)29-31-33)24(34)25-10-9-16-13-32(20-6-4-3-5-17(16)20)23-18-12-28-30-22(18)26-14-27-23/h3-8,11-12,14,16H,2,9-10,13H2,1H3,(H,25,34)(H,26,27,28,30). The molecule has 2 aromatic carbocycles. The number of aryl methyl sites for hydroxylation is 1. The summed E-state index contributed by atoms with van der Waals surface area (Å²) in [6.45, 7) is 4.09. The number of rotatable bonds is 6. The van der Waals surface area contributed by atoms with Crippen LogP contribution in [0.15, 0.2) is 55.0 Å². The van der Waals surface area contributed by atoms with Crippen LogP contribution in [0.5, 0.6) is 0 Å². The van der Waals surface area contributed by atoms with Crippen LogP contribution in [-0.4, -0.2) is 54.2 Å². The fraction of sp³-hybridized carbons (Fsp3) is 0.250. The van der Waals surface area contributed by atoms with Crippen molar-refractivity contribution < 1.29 is 4.79 Å². The van der Waals surface area contributed by atoms with Gasteiger partial charge in [0.25, 0.3) is 5.91 Å². The Balaban J connectivity index is 1.17. The summed E-state index contributed by atoms with van der Waals surface area (Å²) in [4.78, 5) is 23.8. The number of para-hydroxylation sites is 1. The molecule has 1 aliphatic heterocycles. The molecule has 0 fully saturated rings. The number of hydrogen-bond donors (Lipinski definition) is 2. The highest BCUT2D eigenvalue weighted by molar-refractivity contribution is 5.97. The van der Waals surface area contributed by atoms with E-state index < -0.39 is 0 Å². The van der Waals surface area contributed by atoms with Crippen LogP contribution in [-0.2, 0) is 6.54 Å². The van der Waals surface area contributed by atoms with Gasteiger partial charge in [-0.1, -0.05) is 23.4 Å². The Morgan fingerprint density at radius 3 is 3.03 bits per heavy atom. The zero-order chi connectivity index (χ0) is 23.1. The third kappa shape index (κ3) is 3.35. The van der Waals surface area contributed by atoms with Crippen molar-refractivity contribution in [3.63, 3.8) is 0 Å². The number of carbonyl (C=O) groups excluding carboxylic acids is 1. The van der Waals surface area contributed by atoms with Gasteiger partial charge in [-0.3, -0.25) is 9.89 Å². The second kappa shape index (κ2) is 8.22. The molecule has 5 aromatic rings. The van der Waals surface area contributed by atoms with Crippen LogP contribution in [0.25, 0.3) is 22.1 Å². The number of anilines is 2. The maximum atomic E-state index is 12.8. The molecule has 2 N–H and O–H groups in total. The van der Waals surface area contributed by atoms with Gasteiger partial charge in [0, 0.05) is 36.8 Å². The van der Waals surface area contributed by atoms with Crippen LogP contribution in [0.1, 0.15) is 35.2 Å².